The smallest absolute Gasteiger partial charge is 0.335 e. The first kappa shape index (κ1) is 21.8. The van der Waals surface area contributed by atoms with Gasteiger partial charge in [0.25, 0.3) is 0 Å². The maximum atomic E-state index is 11.3. The Morgan fingerprint density at radius 1 is 0.781 bits per heavy atom. The van der Waals surface area contributed by atoms with Crippen molar-refractivity contribution in [1.29, 1.82) is 0 Å². The van der Waals surface area contributed by atoms with Crippen LogP contribution in [0.5, 0.6) is 0 Å². The van der Waals surface area contributed by atoms with Gasteiger partial charge in [-0.05, 0) is 65.1 Å². The van der Waals surface area contributed by atoms with Crippen molar-refractivity contribution in [3.05, 3.63) is 101 Å². The van der Waals surface area contributed by atoms with E-state index >= 15 is 0 Å². The Kier molecular flexibility index (Phi) is 5.64. The van der Waals surface area contributed by atoms with Crippen LogP contribution < -0.4 is 5.43 Å². The summed E-state index contributed by atoms with van der Waals surface area (Å²) in [6, 6.07) is 23.4. The first-order valence-corrected chi connectivity index (χ1v) is 11.1. The first-order valence-electron chi connectivity index (χ1n) is 11.1. The van der Waals surface area contributed by atoms with Crippen LogP contribution >= 0.6 is 0 Å². The number of nitrogens with one attached hydrogen (secondary N) is 1. The average molecular weight is 427 g/mol. The second kappa shape index (κ2) is 8.27. The zero-order chi connectivity index (χ0) is 22.9. The molecule has 0 amide bonds. The third-order valence-corrected chi connectivity index (χ3v) is 6.60. The van der Waals surface area contributed by atoms with Crippen LogP contribution in [0.2, 0.25) is 0 Å². The standard InChI is InChI=1S/C28H30N2O2/c1-27(2)16-17-28(3,4)24-18-21(14-15-23(24)27)25(30-29-22-8-6-5-7-9-22)19-10-12-20(13-11-19)26(31)32/h5-15,18,29H,16-17H2,1-4H3,(H,31,32)/b30-25-. The number of rotatable bonds is 5. The van der Waals surface area contributed by atoms with E-state index in [-0.39, 0.29) is 16.4 Å². The summed E-state index contributed by atoms with van der Waals surface area (Å²) >= 11 is 0. The number of carboxylic acids is 1. The summed E-state index contributed by atoms with van der Waals surface area (Å²) in [5.41, 5.74) is 9.98. The molecule has 1 aliphatic rings. The van der Waals surface area contributed by atoms with Crippen molar-refractivity contribution in [2.75, 3.05) is 5.43 Å². The van der Waals surface area contributed by atoms with Crippen LogP contribution in [-0.2, 0) is 10.8 Å². The Morgan fingerprint density at radius 3 is 1.97 bits per heavy atom. The molecule has 4 rings (SSSR count). The molecule has 0 saturated heterocycles. The van der Waals surface area contributed by atoms with Gasteiger partial charge < -0.3 is 5.11 Å². The highest BCUT2D eigenvalue weighted by Gasteiger charge is 2.37. The zero-order valence-electron chi connectivity index (χ0n) is 19.1. The second-order valence-electron chi connectivity index (χ2n) is 9.85. The van der Waals surface area contributed by atoms with Gasteiger partial charge in [-0.1, -0.05) is 70.2 Å². The average Bonchev–Trinajstić information content (AvgIpc) is 2.78. The van der Waals surface area contributed by atoms with Crippen LogP contribution in [0.3, 0.4) is 0 Å². The molecule has 0 saturated carbocycles. The number of aromatic carboxylic acids is 1. The fourth-order valence-corrected chi connectivity index (χ4v) is 4.44. The molecule has 1 aliphatic carbocycles. The van der Waals surface area contributed by atoms with Gasteiger partial charge >= 0.3 is 5.97 Å². The Morgan fingerprint density at radius 2 is 1.34 bits per heavy atom. The Balaban J connectivity index is 1.82. The van der Waals surface area contributed by atoms with Crippen LogP contribution in [0.15, 0.2) is 77.9 Å². The van der Waals surface area contributed by atoms with Crippen molar-refractivity contribution in [3.8, 4) is 0 Å². The van der Waals surface area contributed by atoms with E-state index in [4.69, 9.17) is 5.10 Å². The molecule has 0 aliphatic heterocycles. The van der Waals surface area contributed by atoms with E-state index in [1.54, 1.807) is 12.1 Å². The van der Waals surface area contributed by atoms with Crippen molar-refractivity contribution in [2.24, 2.45) is 5.10 Å². The molecule has 0 unspecified atom stereocenters. The van der Waals surface area contributed by atoms with Gasteiger partial charge in [0, 0.05) is 11.1 Å². The molecule has 0 aromatic heterocycles. The summed E-state index contributed by atoms with van der Waals surface area (Å²) in [6.07, 6.45) is 2.30. The number of carbonyl (C=O) groups is 1. The Labute approximate surface area is 190 Å². The molecular weight excluding hydrogens is 396 g/mol. The third-order valence-electron chi connectivity index (χ3n) is 6.60. The molecule has 0 atom stereocenters. The molecule has 0 spiro atoms. The van der Waals surface area contributed by atoms with E-state index in [1.807, 2.05) is 42.5 Å². The summed E-state index contributed by atoms with van der Waals surface area (Å²) in [6.45, 7) is 9.26. The largest absolute Gasteiger partial charge is 0.478 e. The van der Waals surface area contributed by atoms with Crippen LogP contribution in [0.1, 0.15) is 73.1 Å². The minimum absolute atomic E-state index is 0.0893. The number of nitrogens with zero attached hydrogens (tertiary/aromatic N) is 1. The Bertz CT molecular complexity index is 1160. The molecule has 0 heterocycles. The van der Waals surface area contributed by atoms with Crippen molar-refractivity contribution < 1.29 is 9.90 Å². The number of para-hydroxylation sites is 1. The zero-order valence-corrected chi connectivity index (χ0v) is 19.1. The van der Waals surface area contributed by atoms with Crippen LogP contribution in [0.25, 0.3) is 0 Å². The summed E-state index contributed by atoms with van der Waals surface area (Å²) in [7, 11) is 0. The number of carboxylic acid groups (broad SMARTS) is 1. The first-order chi connectivity index (χ1) is 15.2. The minimum Gasteiger partial charge on any atom is -0.478 e. The lowest BCUT2D eigenvalue weighted by Gasteiger charge is -2.42. The highest BCUT2D eigenvalue weighted by molar-refractivity contribution is 6.13. The second-order valence-corrected chi connectivity index (χ2v) is 9.85. The van der Waals surface area contributed by atoms with Crippen molar-refractivity contribution in [1.82, 2.24) is 0 Å². The SMILES string of the molecule is CC1(C)CCC(C)(C)c2cc(/C(=N\Nc3ccccc3)c3ccc(C(=O)O)cc3)ccc21. The van der Waals surface area contributed by atoms with Crippen molar-refractivity contribution in [3.63, 3.8) is 0 Å². The number of hydrogen-bond donors (Lipinski definition) is 2. The van der Waals surface area contributed by atoms with Crippen molar-refractivity contribution >= 4 is 17.4 Å². The van der Waals surface area contributed by atoms with Crippen LogP contribution in [0.4, 0.5) is 5.69 Å². The fraction of sp³-hybridized carbons (Fsp3) is 0.286. The highest BCUT2D eigenvalue weighted by Crippen LogP contribution is 2.46. The number of hydrazone groups is 1. The predicted octanol–water partition coefficient (Wildman–Crippen LogP) is 6.60. The molecular formula is C28H30N2O2. The van der Waals surface area contributed by atoms with Gasteiger partial charge in [0.15, 0.2) is 0 Å². The van der Waals surface area contributed by atoms with Gasteiger partial charge in [-0.2, -0.15) is 5.10 Å². The summed E-state index contributed by atoms with van der Waals surface area (Å²) in [4.78, 5) is 11.3. The van der Waals surface area contributed by atoms with E-state index in [2.05, 4.69) is 51.3 Å². The molecule has 2 N–H and O–H groups in total. The lowest BCUT2D eigenvalue weighted by atomic mass is 9.63. The Hall–Kier alpha value is -3.40. The predicted molar refractivity (Wildman–Crippen MR) is 131 cm³/mol. The minimum atomic E-state index is -0.935. The lowest BCUT2D eigenvalue weighted by Crippen LogP contribution is -2.34. The molecule has 3 aromatic carbocycles. The third kappa shape index (κ3) is 4.31. The van der Waals surface area contributed by atoms with Gasteiger partial charge in [-0.25, -0.2) is 4.79 Å². The van der Waals surface area contributed by atoms with Crippen LogP contribution in [-0.4, -0.2) is 16.8 Å². The molecule has 4 nitrogen and oxygen atoms in total. The van der Waals surface area contributed by atoms with Crippen molar-refractivity contribution in [2.45, 2.75) is 51.4 Å². The van der Waals surface area contributed by atoms with E-state index in [1.165, 1.54) is 17.5 Å². The van der Waals surface area contributed by atoms with E-state index < -0.39 is 5.97 Å². The quantitative estimate of drug-likeness (QED) is 0.357. The normalized spacial score (nSPS) is 16.8. The summed E-state index contributed by atoms with van der Waals surface area (Å²) in [5.74, 6) is -0.935. The van der Waals surface area contributed by atoms with Crippen LogP contribution in [0, 0.1) is 0 Å². The molecule has 0 radical (unpaired) electrons. The van der Waals surface area contributed by atoms with Gasteiger partial charge in [-0.15, -0.1) is 0 Å². The van der Waals surface area contributed by atoms with Gasteiger partial charge in [0.05, 0.1) is 17.0 Å². The molecule has 0 bridgehead atoms. The van der Waals surface area contributed by atoms with E-state index in [0.717, 1.165) is 28.9 Å². The maximum absolute atomic E-state index is 11.3. The number of fused-ring (bicyclic) bond motifs is 1. The van der Waals surface area contributed by atoms with E-state index in [9.17, 15) is 9.90 Å². The monoisotopic (exact) mass is 426 g/mol. The molecule has 4 heteroatoms. The number of anilines is 1. The topological polar surface area (TPSA) is 61.7 Å². The van der Waals surface area contributed by atoms with Gasteiger partial charge in [0.1, 0.15) is 0 Å². The summed E-state index contributed by atoms with van der Waals surface area (Å²) in [5, 5.41) is 14.0. The molecule has 164 valence electrons. The lowest BCUT2D eigenvalue weighted by molar-refractivity contribution is 0.0697. The molecule has 0 fully saturated rings. The van der Waals surface area contributed by atoms with Gasteiger partial charge in [-0.3, -0.25) is 5.43 Å². The van der Waals surface area contributed by atoms with E-state index in [0.29, 0.717) is 0 Å². The molecule has 32 heavy (non-hydrogen) atoms. The fourth-order valence-electron chi connectivity index (χ4n) is 4.44. The summed E-state index contributed by atoms with van der Waals surface area (Å²) < 4.78 is 0. The number of benzene rings is 3. The van der Waals surface area contributed by atoms with Gasteiger partial charge in [0.2, 0.25) is 0 Å². The highest BCUT2D eigenvalue weighted by atomic mass is 16.4. The maximum Gasteiger partial charge on any atom is 0.335 e. The number of hydrogen-bond acceptors (Lipinski definition) is 3. The molecule has 3 aromatic rings.